The summed E-state index contributed by atoms with van der Waals surface area (Å²) in [4.78, 5) is 0. The first-order valence-corrected chi connectivity index (χ1v) is 6.81. The fourth-order valence-electron chi connectivity index (χ4n) is 2.50. The molecule has 4 nitrogen and oxygen atoms in total. The molecule has 1 aromatic carbocycles. The van der Waals surface area contributed by atoms with Crippen LogP contribution < -0.4 is 0 Å². The molecule has 2 heterocycles. The van der Waals surface area contributed by atoms with Gasteiger partial charge in [0.15, 0.2) is 6.10 Å². The molecule has 0 fully saturated rings. The second-order valence-corrected chi connectivity index (χ2v) is 5.12. The van der Waals surface area contributed by atoms with Gasteiger partial charge in [-0.2, -0.15) is 5.10 Å². The summed E-state index contributed by atoms with van der Waals surface area (Å²) in [5.41, 5.74) is 3.63. The molecule has 20 heavy (non-hydrogen) atoms. The van der Waals surface area contributed by atoms with Gasteiger partial charge < -0.3 is 9.52 Å². The van der Waals surface area contributed by atoms with Crippen molar-refractivity contribution < 1.29 is 9.52 Å². The average molecular weight is 270 g/mol. The van der Waals surface area contributed by atoms with E-state index in [2.05, 4.69) is 11.2 Å². The molecule has 0 bridgehead atoms. The van der Waals surface area contributed by atoms with Crippen LogP contribution in [-0.4, -0.2) is 14.9 Å². The number of aliphatic hydroxyl groups excluding tert-OH is 1. The van der Waals surface area contributed by atoms with Crippen molar-refractivity contribution in [2.24, 2.45) is 0 Å². The highest BCUT2D eigenvalue weighted by molar-refractivity contribution is 5.78. The van der Waals surface area contributed by atoms with Gasteiger partial charge in [-0.05, 0) is 45.0 Å². The Hall–Kier alpha value is -2.07. The van der Waals surface area contributed by atoms with E-state index < -0.39 is 6.10 Å². The van der Waals surface area contributed by atoms with Crippen LogP contribution in [0.15, 0.2) is 34.7 Å². The van der Waals surface area contributed by atoms with E-state index in [1.807, 2.05) is 45.0 Å². The Balaban J connectivity index is 2.05. The van der Waals surface area contributed by atoms with Gasteiger partial charge in [0.25, 0.3) is 0 Å². The van der Waals surface area contributed by atoms with Crippen LogP contribution >= 0.6 is 0 Å². The first-order valence-electron chi connectivity index (χ1n) is 6.81. The van der Waals surface area contributed by atoms with Crippen LogP contribution in [0.1, 0.15) is 35.7 Å². The van der Waals surface area contributed by atoms with Gasteiger partial charge in [0.2, 0.25) is 0 Å². The van der Waals surface area contributed by atoms with Gasteiger partial charge in [-0.25, -0.2) is 0 Å². The van der Waals surface area contributed by atoms with E-state index in [0.29, 0.717) is 5.76 Å². The Morgan fingerprint density at radius 3 is 2.80 bits per heavy atom. The highest BCUT2D eigenvalue weighted by Gasteiger charge is 2.20. The molecule has 3 aromatic rings. The third-order valence-corrected chi connectivity index (χ3v) is 3.47. The van der Waals surface area contributed by atoms with Crippen molar-refractivity contribution >= 4 is 11.0 Å². The predicted octanol–water partition coefficient (Wildman–Crippen LogP) is 3.35. The molecule has 0 aliphatic heterocycles. The molecule has 0 radical (unpaired) electrons. The summed E-state index contributed by atoms with van der Waals surface area (Å²) < 4.78 is 7.56. The minimum atomic E-state index is -0.788. The van der Waals surface area contributed by atoms with Crippen LogP contribution in [0.4, 0.5) is 0 Å². The van der Waals surface area contributed by atoms with E-state index in [4.69, 9.17) is 4.42 Å². The molecule has 3 rings (SSSR count). The quantitative estimate of drug-likeness (QED) is 0.794. The average Bonchev–Trinajstić information content (AvgIpc) is 3.00. The summed E-state index contributed by atoms with van der Waals surface area (Å²) in [5.74, 6) is 0.556. The van der Waals surface area contributed by atoms with E-state index >= 15 is 0 Å². The minimum absolute atomic E-state index is 0.556. The summed E-state index contributed by atoms with van der Waals surface area (Å²) in [7, 11) is 0. The van der Waals surface area contributed by atoms with Crippen molar-refractivity contribution in [2.75, 3.05) is 0 Å². The zero-order chi connectivity index (χ0) is 14.3. The first kappa shape index (κ1) is 12.9. The van der Waals surface area contributed by atoms with Crippen LogP contribution in [0.5, 0.6) is 0 Å². The normalized spacial score (nSPS) is 13.0. The zero-order valence-corrected chi connectivity index (χ0v) is 11.9. The van der Waals surface area contributed by atoms with Crippen LogP contribution in [0.2, 0.25) is 0 Å². The number of aliphatic hydroxyl groups is 1. The Labute approximate surface area is 117 Å². The van der Waals surface area contributed by atoms with E-state index in [1.165, 1.54) is 5.56 Å². The lowest BCUT2D eigenvalue weighted by molar-refractivity contribution is 0.181. The number of hydrogen-bond acceptors (Lipinski definition) is 3. The molecule has 0 amide bonds. The van der Waals surface area contributed by atoms with Gasteiger partial charge in [0.1, 0.15) is 11.3 Å². The highest BCUT2D eigenvalue weighted by Crippen LogP contribution is 2.29. The molecule has 0 aliphatic rings. The number of furan rings is 1. The number of fused-ring (bicyclic) bond motifs is 1. The maximum Gasteiger partial charge on any atom is 0.153 e. The summed E-state index contributed by atoms with van der Waals surface area (Å²) >= 11 is 0. The smallest absolute Gasteiger partial charge is 0.153 e. The number of aryl methyl sites for hydroxylation is 3. The first-order chi connectivity index (χ1) is 9.58. The molecule has 2 aromatic heterocycles. The fourth-order valence-corrected chi connectivity index (χ4v) is 2.50. The summed E-state index contributed by atoms with van der Waals surface area (Å²) in [6.07, 6.45) is -0.788. The van der Waals surface area contributed by atoms with E-state index in [-0.39, 0.29) is 0 Å². The Kier molecular flexibility index (Phi) is 3.10. The highest BCUT2D eigenvalue weighted by atomic mass is 16.4. The molecule has 0 saturated carbocycles. The lowest BCUT2D eigenvalue weighted by Gasteiger charge is -2.09. The third kappa shape index (κ3) is 2.12. The van der Waals surface area contributed by atoms with Gasteiger partial charge in [0, 0.05) is 11.9 Å². The number of rotatable bonds is 3. The summed E-state index contributed by atoms with van der Waals surface area (Å²) in [5, 5.41) is 15.9. The van der Waals surface area contributed by atoms with Crippen LogP contribution in [0, 0.1) is 13.8 Å². The van der Waals surface area contributed by atoms with E-state index in [9.17, 15) is 5.11 Å². The largest absolute Gasteiger partial charge is 0.458 e. The summed E-state index contributed by atoms with van der Waals surface area (Å²) in [6.45, 7) is 6.69. The summed E-state index contributed by atoms with van der Waals surface area (Å²) in [6, 6.07) is 9.78. The molecule has 1 unspecified atom stereocenters. The third-order valence-electron chi connectivity index (χ3n) is 3.47. The van der Waals surface area contributed by atoms with Crippen LogP contribution in [-0.2, 0) is 6.54 Å². The topological polar surface area (TPSA) is 51.2 Å². The number of hydrogen-bond donors (Lipinski definition) is 1. The van der Waals surface area contributed by atoms with Crippen molar-refractivity contribution in [1.82, 2.24) is 9.78 Å². The van der Waals surface area contributed by atoms with E-state index in [0.717, 1.165) is 28.9 Å². The second kappa shape index (κ2) is 4.80. The Morgan fingerprint density at radius 2 is 2.05 bits per heavy atom. The van der Waals surface area contributed by atoms with Crippen molar-refractivity contribution in [1.29, 1.82) is 0 Å². The van der Waals surface area contributed by atoms with Crippen molar-refractivity contribution in [3.05, 3.63) is 53.0 Å². The SMILES string of the molecule is CCn1nc(C)cc1C(O)c1cc2cc(C)ccc2o1. The number of nitrogens with zero attached hydrogens (tertiary/aromatic N) is 2. The number of aromatic nitrogens is 2. The van der Waals surface area contributed by atoms with Crippen molar-refractivity contribution in [3.8, 4) is 0 Å². The number of benzene rings is 1. The van der Waals surface area contributed by atoms with Crippen LogP contribution in [0.3, 0.4) is 0 Å². The molecule has 4 heteroatoms. The maximum absolute atomic E-state index is 10.5. The molecule has 1 N–H and O–H groups in total. The standard InChI is InChI=1S/C16H18N2O2/c1-4-18-13(8-11(3)17-18)16(19)15-9-12-7-10(2)5-6-14(12)20-15/h5-9,16,19H,4H2,1-3H3. The lowest BCUT2D eigenvalue weighted by atomic mass is 10.1. The monoisotopic (exact) mass is 270 g/mol. The van der Waals surface area contributed by atoms with Gasteiger partial charge >= 0.3 is 0 Å². The molecular formula is C16H18N2O2. The van der Waals surface area contributed by atoms with Gasteiger partial charge in [0.05, 0.1) is 11.4 Å². The van der Waals surface area contributed by atoms with Crippen molar-refractivity contribution in [3.63, 3.8) is 0 Å². The molecule has 1 atom stereocenters. The second-order valence-electron chi connectivity index (χ2n) is 5.12. The molecule has 0 spiro atoms. The van der Waals surface area contributed by atoms with Gasteiger partial charge in [-0.3, -0.25) is 4.68 Å². The van der Waals surface area contributed by atoms with Gasteiger partial charge in [-0.15, -0.1) is 0 Å². The Morgan fingerprint density at radius 1 is 1.25 bits per heavy atom. The fraction of sp³-hybridized carbons (Fsp3) is 0.312. The van der Waals surface area contributed by atoms with Crippen molar-refractivity contribution in [2.45, 2.75) is 33.4 Å². The molecule has 0 aliphatic carbocycles. The van der Waals surface area contributed by atoms with E-state index in [1.54, 1.807) is 4.68 Å². The minimum Gasteiger partial charge on any atom is -0.458 e. The molecule has 0 saturated heterocycles. The maximum atomic E-state index is 10.5. The molecule has 104 valence electrons. The predicted molar refractivity (Wildman–Crippen MR) is 77.7 cm³/mol. The zero-order valence-electron chi connectivity index (χ0n) is 11.9. The lowest BCUT2D eigenvalue weighted by Crippen LogP contribution is -2.08. The van der Waals surface area contributed by atoms with Crippen LogP contribution in [0.25, 0.3) is 11.0 Å². The van der Waals surface area contributed by atoms with Gasteiger partial charge in [-0.1, -0.05) is 11.6 Å². The molecular weight excluding hydrogens is 252 g/mol. The Bertz CT molecular complexity index is 755.